The van der Waals surface area contributed by atoms with Crippen molar-refractivity contribution in [1.82, 2.24) is 34.3 Å². The first-order valence-electron chi connectivity index (χ1n) is 21.0. The lowest BCUT2D eigenvalue weighted by Crippen LogP contribution is -2.47. The highest BCUT2D eigenvalue weighted by molar-refractivity contribution is 5.94. The number of morpholine rings is 1. The lowest BCUT2D eigenvalue weighted by Gasteiger charge is -2.32. The number of carbonyl (C=O) groups is 2. The van der Waals surface area contributed by atoms with Crippen molar-refractivity contribution >= 4 is 11.8 Å². The zero-order valence-electron chi connectivity index (χ0n) is 36.5. The van der Waals surface area contributed by atoms with E-state index in [-0.39, 0.29) is 11.8 Å². The zero-order valence-corrected chi connectivity index (χ0v) is 36.5. The molecule has 13 nitrogen and oxygen atoms in total. The number of amides is 2. The molecule has 13 heteroatoms. The van der Waals surface area contributed by atoms with Crippen molar-refractivity contribution in [2.24, 2.45) is 0 Å². The average molecular weight is 798 g/mol. The Labute approximate surface area is 344 Å². The number of benzene rings is 2. The van der Waals surface area contributed by atoms with Gasteiger partial charge in [0.25, 0.3) is 5.91 Å². The van der Waals surface area contributed by atoms with Crippen molar-refractivity contribution in [2.75, 3.05) is 153 Å². The molecular formula is C44H75N7O6. The average Bonchev–Trinajstić information content (AvgIpc) is 3.95. The number of likely N-dealkylation sites (N-methyl/N-ethyl adjacent to an activating group) is 2. The van der Waals surface area contributed by atoms with Crippen LogP contribution in [0, 0.1) is 13.8 Å². The van der Waals surface area contributed by atoms with E-state index in [0.717, 1.165) is 110 Å². The zero-order chi connectivity index (χ0) is 41.3. The van der Waals surface area contributed by atoms with E-state index in [1.165, 1.54) is 63.0 Å². The van der Waals surface area contributed by atoms with Gasteiger partial charge >= 0.3 is 0 Å². The van der Waals surface area contributed by atoms with Gasteiger partial charge in [-0.15, -0.1) is 0 Å². The molecular weight excluding hydrogens is 723 g/mol. The quantitative estimate of drug-likeness (QED) is 0.385. The normalized spacial score (nSPS) is 19.5. The van der Waals surface area contributed by atoms with Crippen molar-refractivity contribution in [1.29, 1.82) is 0 Å². The summed E-state index contributed by atoms with van der Waals surface area (Å²) in [6, 6.07) is 16.0. The fourth-order valence-electron chi connectivity index (χ4n) is 6.73. The summed E-state index contributed by atoms with van der Waals surface area (Å²) in [6.07, 6.45) is 5.33. The predicted octanol–water partition coefficient (Wildman–Crippen LogP) is 4.20. The number of likely N-dealkylation sites (tertiary alicyclic amines) is 2. The fraction of sp³-hybridized carbons (Fsp3) is 0.682. The van der Waals surface area contributed by atoms with Crippen molar-refractivity contribution in [3.63, 3.8) is 0 Å². The van der Waals surface area contributed by atoms with Gasteiger partial charge in [0.05, 0.1) is 26.7 Å². The number of rotatable bonds is 8. The Morgan fingerprint density at radius 3 is 1.39 bits per heavy atom. The summed E-state index contributed by atoms with van der Waals surface area (Å²) in [4.78, 5) is 38.1. The SMILES string of the molecule is CC(=O)N1CCN(C)CC1.COCN1CCCC1.COCN1CCOCC1.Cc1ccc(C(=O)N2CCN(C)CC2)cc1.Cc1ccc(OCN2CCCC2)cc1. The van der Waals surface area contributed by atoms with Crippen molar-refractivity contribution in [2.45, 2.75) is 46.5 Å². The second-order valence-corrected chi connectivity index (χ2v) is 15.6. The minimum absolute atomic E-state index is 0.160. The van der Waals surface area contributed by atoms with Crippen LogP contribution in [-0.4, -0.2) is 199 Å². The molecule has 322 valence electrons. The first-order valence-corrected chi connectivity index (χ1v) is 21.0. The predicted molar refractivity (Wildman–Crippen MR) is 229 cm³/mol. The Morgan fingerprint density at radius 2 is 0.947 bits per heavy atom. The van der Waals surface area contributed by atoms with Crippen LogP contribution >= 0.6 is 0 Å². The van der Waals surface area contributed by atoms with E-state index in [1.807, 2.05) is 53.1 Å². The molecule has 0 aromatic heterocycles. The number of piperazine rings is 2. The Morgan fingerprint density at radius 1 is 0.544 bits per heavy atom. The fourth-order valence-corrected chi connectivity index (χ4v) is 6.73. The number of methoxy groups -OCH3 is 2. The van der Waals surface area contributed by atoms with Gasteiger partial charge < -0.3 is 38.5 Å². The monoisotopic (exact) mass is 798 g/mol. The topological polar surface area (TPSA) is 93.7 Å². The van der Waals surface area contributed by atoms with Gasteiger partial charge in [-0.2, -0.15) is 0 Å². The first kappa shape index (κ1) is 48.2. The Hall–Kier alpha value is -3.14. The van der Waals surface area contributed by atoms with E-state index in [9.17, 15) is 9.59 Å². The third-order valence-corrected chi connectivity index (χ3v) is 10.6. The van der Waals surface area contributed by atoms with Crippen molar-refractivity contribution < 1.29 is 28.5 Å². The van der Waals surface area contributed by atoms with Crippen LogP contribution in [0.25, 0.3) is 0 Å². The summed E-state index contributed by atoms with van der Waals surface area (Å²) in [6.45, 7) is 24.0. The van der Waals surface area contributed by atoms with Crippen molar-refractivity contribution in [3.05, 3.63) is 65.2 Å². The molecule has 0 atom stereocenters. The highest BCUT2D eigenvalue weighted by Crippen LogP contribution is 2.14. The van der Waals surface area contributed by atoms with E-state index < -0.39 is 0 Å². The maximum Gasteiger partial charge on any atom is 0.253 e. The molecule has 5 fully saturated rings. The lowest BCUT2D eigenvalue weighted by molar-refractivity contribution is -0.130. The van der Waals surface area contributed by atoms with E-state index in [0.29, 0.717) is 0 Å². The van der Waals surface area contributed by atoms with E-state index in [1.54, 1.807) is 21.1 Å². The highest BCUT2D eigenvalue weighted by atomic mass is 16.5. The van der Waals surface area contributed by atoms with E-state index in [4.69, 9.17) is 18.9 Å². The maximum atomic E-state index is 12.1. The van der Waals surface area contributed by atoms with Gasteiger partial charge in [0.15, 0.2) is 0 Å². The molecule has 0 bridgehead atoms. The summed E-state index contributed by atoms with van der Waals surface area (Å²) in [7, 11) is 7.64. The van der Waals surface area contributed by atoms with Crippen LogP contribution in [0.5, 0.6) is 5.75 Å². The standard InChI is InChI=1S/C13H18N2O.C12H17NO.C7H14N2O.C6H13NO2.C6H13NO/c1-11-3-5-12(6-4-11)13(16)15-9-7-14(2)8-10-15;1-11-4-6-12(7-5-11)14-10-13-8-2-3-9-13;1-7(10)9-5-3-8(2)4-6-9;1-8-6-7-2-4-9-5-3-7;1-8-6-7-4-2-3-5-7/h3-6H,7-10H2,1-2H3;4-7H,2-3,8-10H2,1H3;3-6H2,1-2H3;2-6H2,1H3;2-6H2,1H3. The van der Waals surface area contributed by atoms with Crippen molar-refractivity contribution in [3.8, 4) is 5.75 Å². The number of ether oxygens (including phenoxy) is 4. The molecule has 0 unspecified atom stereocenters. The van der Waals surface area contributed by atoms with Crippen LogP contribution in [0.4, 0.5) is 0 Å². The van der Waals surface area contributed by atoms with Crippen LogP contribution in [0.1, 0.15) is 54.1 Å². The maximum absolute atomic E-state index is 12.1. The summed E-state index contributed by atoms with van der Waals surface area (Å²) in [5, 5.41) is 0. The molecule has 57 heavy (non-hydrogen) atoms. The van der Waals surface area contributed by atoms with Crippen LogP contribution < -0.4 is 4.74 Å². The molecule has 5 saturated heterocycles. The molecule has 0 N–H and O–H groups in total. The van der Waals surface area contributed by atoms with Crippen LogP contribution in [0.3, 0.4) is 0 Å². The summed E-state index contributed by atoms with van der Waals surface area (Å²) in [5.41, 5.74) is 3.27. The third kappa shape index (κ3) is 20.4. The minimum atomic E-state index is 0.160. The van der Waals surface area contributed by atoms with Crippen LogP contribution in [-0.2, 0) is 19.0 Å². The summed E-state index contributed by atoms with van der Waals surface area (Å²) >= 11 is 0. The largest absolute Gasteiger partial charge is 0.478 e. The van der Waals surface area contributed by atoms with Gasteiger partial charge in [-0.1, -0.05) is 35.4 Å². The van der Waals surface area contributed by atoms with Crippen LogP contribution in [0.2, 0.25) is 0 Å². The first-order chi connectivity index (χ1) is 27.6. The minimum Gasteiger partial charge on any atom is -0.478 e. The number of hydrogen-bond acceptors (Lipinski definition) is 11. The molecule has 5 aliphatic rings. The third-order valence-electron chi connectivity index (χ3n) is 10.6. The molecule has 5 heterocycles. The number of hydrogen-bond donors (Lipinski definition) is 0. The Balaban J connectivity index is 0.000000196. The van der Waals surface area contributed by atoms with Gasteiger partial charge in [0, 0.05) is 118 Å². The van der Waals surface area contributed by atoms with Gasteiger partial charge in [-0.25, -0.2) is 0 Å². The van der Waals surface area contributed by atoms with E-state index in [2.05, 4.69) is 57.7 Å². The number of nitrogens with zero attached hydrogens (tertiary/aromatic N) is 7. The molecule has 0 saturated carbocycles. The second kappa shape index (κ2) is 28.3. The summed E-state index contributed by atoms with van der Waals surface area (Å²) < 4.78 is 20.7. The van der Waals surface area contributed by atoms with Gasteiger partial charge in [0.2, 0.25) is 5.91 Å². The smallest absolute Gasteiger partial charge is 0.253 e. The molecule has 2 aromatic rings. The summed E-state index contributed by atoms with van der Waals surface area (Å²) in [5.74, 6) is 1.34. The lowest BCUT2D eigenvalue weighted by atomic mass is 10.1. The number of carbonyl (C=O) groups excluding carboxylic acids is 2. The van der Waals surface area contributed by atoms with Gasteiger partial charge in [-0.3, -0.25) is 24.3 Å². The molecule has 0 radical (unpaired) electrons. The van der Waals surface area contributed by atoms with Gasteiger partial charge in [0.1, 0.15) is 12.5 Å². The Kier molecular flexibility index (Phi) is 24.0. The Bertz CT molecular complexity index is 1330. The molecule has 0 aliphatic carbocycles. The molecule has 0 spiro atoms. The van der Waals surface area contributed by atoms with Crippen LogP contribution in [0.15, 0.2) is 48.5 Å². The molecule has 2 aromatic carbocycles. The molecule has 7 rings (SSSR count). The number of aryl methyl sites for hydroxylation is 2. The molecule has 2 amide bonds. The van der Waals surface area contributed by atoms with Gasteiger partial charge in [-0.05, 0) is 77.9 Å². The second-order valence-electron chi connectivity index (χ2n) is 15.6. The molecule has 5 aliphatic heterocycles. The highest BCUT2D eigenvalue weighted by Gasteiger charge is 2.20. The van der Waals surface area contributed by atoms with E-state index >= 15 is 0 Å².